The van der Waals surface area contributed by atoms with Crippen molar-refractivity contribution in [2.24, 2.45) is 5.92 Å². The number of amides is 1. The molecule has 130 valence electrons. The van der Waals surface area contributed by atoms with E-state index >= 15 is 0 Å². The number of rotatable bonds is 5. The summed E-state index contributed by atoms with van der Waals surface area (Å²) in [5, 5.41) is 19.9. The quantitative estimate of drug-likeness (QED) is 0.659. The Morgan fingerprint density at radius 3 is 2.67 bits per heavy atom. The summed E-state index contributed by atoms with van der Waals surface area (Å²) in [6, 6.07) is 3.02. The molecule has 1 amide bonds. The number of aryl methyl sites for hydroxylation is 2. The van der Waals surface area contributed by atoms with Gasteiger partial charge in [-0.15, -0.1) is 0 Å². The second-order valence-corrected chi connectivity index (χ2v) is 6.40. The highest BCUT2D eigenvalue weighted by atomic mass is 16.6. The first-order valence-electron chi connectivity index (χ1n) is 8.06. The van der Waals surface area contributed by atoms with Crippen molar-refractivity contribution >= 4 is 17.6 Å². The molecular formula is C17H22N2O5. The zero-order chi connectivity index (χ0) is 17.9. The van der Waals surface area contributed by atoms with Gasteiger partial charge in [0.2, 0.25) is 0 Å². The van der Waals surface area contributed by atoms with Gasteiger partial charge in [-0.2, -0.15) is 0 Å². The first-order valence-corrected chi connectivity index (χ1v) is 8.06. The van der Waals surface area contributed by atoms with Gasteiger partial charge in [-0.1, -0.05) is 0 Å². The molecule has 0 radical (unpaired) electrons. The van der Waals surface area contributed by atoms with Crippen LogP contribution in [-0.4, -0.2) is 39.9 Å². The van der Waals surface area contributed by atoms with Crippen LogP contribution in [0.3, 0.4) is 0 Å². The summed E-state index contributed by atoms with van der Waals surface area (Å²) < 4.78 is 0. The summed E-state index contributed by atoms with van der Waals surface area (Å²) in [4.78, 5) is 35.8. The largest absolute Gasteiger partial charge is 0.481 e. The Morgan fingerprint density at radius 1 is 1.33 bits per heavy atom. The number of hydrogen-bond donors (Lipinski definition) is 1. The Morgan fingerprint density at radius 2 is 2.04 bits per heavy atom. The topological polar surface area (TPSA) is 101 Å². The van der Waals surface area contributed by atoms with Gasteiger partial charge < -0.3 is 10.0 Å². The number of carbonyl (C=O) groups excluding carboxylic acids is 1. The normalized spacial score (nSPS) is 17.6. The molecule has 1 fully saturated rings. The highest BCUT2D eigenvalue weighted by Gasteiger charge is 2.27. The molecule has 24 heavy (non-hydrogen) atoms. The average Bonchev–Trinajstić information content (AvgIpc) is 2.52. The van der Waals surface area contributed by atoms with Gasteiger partial charge >= 0.3 is 5.97 Å². The van der Waals surface area contributed by atoms with Crippen LogP contribution in [-0.2, 0) is 4.79 Å². The molecule has 7 nitrogen and oxygen atoms in total. The molecule has 1 N–H and O–H groups in total. The second kappa shape index (κ2) is 7.42. The lowest BCUT2D eigenvalue weighted by Crippen LogP contribution is -2.40. The predicted molar refractivity (Wildman–Crippen MR) is 88.1 cm³/mol. The molecule has 7 heteroatoms. The monoisotopic (exact) mass is 334 g/mol. The summed E-state index contributed by atoms with van der Waals surface area (Å²) in [6.45, 7) is 4.54. The van der Waals surface area contributed by atoms with E-state index in [2.05, 4.69) is 0 Å². The molecule has 0 saturated carbocycles. The lowest BCUT2D eigenvalue weighted by atomic mass is 9.92. The van der Waals surface area contributed by atoms with Crippen LogP contribution in [0.5, 0.6) is 0 Å². The van der Waals surface area contributed by atoms with Gasteiger partial charge in [-0.25, -0.2) is 0 Å². The van der Waals surface area contributed by atoms with Crippen molar-refractivity contribution < 1.29 is 19.6 Å². The molecule has 1 aromatic carbocycles. The van der Waals surface area contributed by atoms with Gasteiger partial charge in [0.25, 0.3) is 11.6 Å². The van der Waals surface area contributed by atoms with E-state index in [0.717, 1.165) is 18.4 Å². The predicted octanol–water partition coefficient (Wildman–Crippen LogP) is 2.93. The summed E-state index contributed by atoms with van der Waals surface area (Å²) in [6.07, 6.45) is 2.38. The van der Waals surface area contributed by atoms with Crippen LogP contribution >= 0.6 is 0 Å². The summed E-state index contributed by atoms with van der Waals surface area (Å²) in [7, 11) is 0. The van der Waals surface area contributed by atoms with E-state index in [0.29, 0.717) is 30.6 Å². The molecule has 1 aliphatic heterocycles. The molecular weight excluding hydrogens is 312 g/mol. The van der Waals surface area contributed by atoms with E-state index in [-0.39, 0.29) is 23.9 Å². The van der Waals surface area contributed by atoms with E-state index < -0.39 is 10.9 Å². The minimum atomic E-state index is -0.830. The van der Waals surface area contributed by atoms with E-state index in [1.165, 1.54) is 6.07 Å². The fourth-order valence-electron chi connectivity index (χ4n) is 3.25. The van der Waals surface area contributed by atoms with Crippen LogP contribution in [0.2, 0.25) is 0 Å². The summed E-state index contributed by atoms with van der Waals surface area (Å²) in [5.74, 6) is -0.876. The van der Waals surface area contributed by atoms with Crippen molar-refractivity contribution in [3.63, 3.8) is 0 Å². The highest BCUT2D eigenvalue weighted by Crippen LogP contribution is 2.27. The molecule has 1 heterocycles. The van der Waals surface area contributed by atoms with Crippen molar-refractivity contribution in [1.82, 2.24) is 4.90 Å². The molecule has 1 saturated heterocycles. The molecule has 2 rings (SSSR count). The number of likely N-dealkylation sites (tertiary alicyclic amines) is 1. The number of aliphatic carboxylic acids is 1. The van der Waals surface area contributed by atoms with Gasteiger partial charge in [0.05, 0.1) is 4.92 Å². The first-order chi connectivity index (χ1) is 11.3. The number of nitro groups is 1. The van der Waals surface area contributed by atoms with Gasteiger partial charge in [0, 0.05) is 36.7 Å². The number of nitrogens with zero attached hydrogens (tertiary/aromatic N) is 2. The minimum Gasteiger partial charge on any atom is -0.481 e. The fraction of sp³-hybridized carbons (Fsp3) is 0.529. The van der Waals surface area contributed by atoms with Crippen LogP contribution in [0.25, 0.3) is 0 Å². The number of nitro benzene ring substituents is 1. The number of carboxylic acids is 1. The molecule has 1 aliphatic rings. The maximum Gasteiger partial charge on any atom is 0.303 e. The van der Waals surface area contributed by atoms with Crippen molar-refractivity contribution in [1.29, 1.82) is 0 Å². The number of carbonyl (C=O) groups is 2. The molecule has 0 aromatic heterocycles. The molecule has 1 aromatic rings. The molecule has 0 spiro atoms. The zero-order valence-electron chi connectivity index (χ0n) is 13.9. The smallest absolute Gasteiger partial charge is 0.303 e. The van der Waals surface area contributed by atoms with Crippen LogP contribution < -0.4 is 0 Å². The Hall–Kier alpha value is -2.44. The number of carboxylic acid groups (broad SMARTS) is 1. The third-order valence-electron chi connectivity index (χ3n) is 4.54. The zero-order valence-corrected chi connectivity index (χ0v) is 13.9. The van der Waals surface area contributed by atoms with E-state index in [9.17, 15) is 19.7 Å². The van der Waals surface area contributed by atoms with E-state index in [1.54, 1.807) is 24.8 Å². The van der Waals surface area contributed by atoms with Crippen molar-refractivity contribution in [2.45, 2.75) is 39.5 Å². The minimum absolute atomic E-state index is 0.0524. The SMILES string of the molecule is Cc1cc(C)c([N+](=O)[O-])cc1C(=O)N1CCCC(CCC(=O)O)C1. The van der Waals surface area contributed by atoms with Crippen molar-refractivity contribution in [2.75, 3.05) is 13.1 Å². The number of hydrogen-bond acceptors (Lipinski definition) is 4. The van der Waals surface area contributed by atoms with Gasteiger partial charge in [-0.05, 0) is 50.7 Å². The summed E-state index contributed by atoms with van der Waals surface area (Å²) >= 11 is 0. The van der Waals surface area contributed by atoms with Gasteiger partial charge in [0.1, 0.15) is 0 Å². The maximum absolute atomic E-state index is 12.8. The highest BCUT2D eigenvalue weighted by molar-refractivity contribution is 5.96. The Labute approximate surface area is 140 Å². The Bertz CT molecular complexity index is 671. The van der Waals surface area contributed by atoms with Crippen LogP contribution in [0.1, 0.15) is 47.2 Å². The van der Waals surface area contributed by atoms with Crippen LogP contribution in [0.4, 0.5) is 5.69 Å². The van der Waals surface area contributed by atoms with Crippen molar-refractivity contribution in [3.05, 3.63) is 38.9 Å². The van der Waals surface area contributed by atoms with Crippen LogP contribution in [0.15, 0.2) is 12.1 Å². The third kappa shape index (κ3) is 4.10. The van der Waals surface area contributed by atoms with E-state index in [1.807, 2.05) is 0 Å². The first kappa shape index (κ1) is 17.9. The molecule has 0 bridgehead atoms. The number of benzene rings is 1. The average molecular weight is 334 g/mol. The Balaban J connectivity index is 2.17. The van der Waals surface area contributed by atoms with Gasteiger partial charge in [-0.3, -0.25) is 19.7 Å². The van der Waals surface area contributed by atoms with Crippen molar-refractivity contribution in [3.8, 4) is 0 Å². The Kier molecular flexibility index (Phi) is 5.54. The lowest BCUT2D eigenvalue weighted by molar-refractivity contribution is -0.385. The number of piperidine rings is 1. The maximum atomic E-state index is 12.8. The molecule has 1 unspecified atom stereocenters. The lowest BCUT2D eigenvalue weighted by Gasteiger charge is -2.33. The van der Waals surface area contributed by atoms with Gasteiger partial charge in [0.15, 0.2) is 0 Å². The fourth-order valence-corrected chi connectivity index (χ4v) is 3.25. The molecule has 0 aliphatic carbocycles. The molecule has 1 atom stereocenters. The second-order valence-electron chi connectivity index (χ2n) is 6.40. The standard InChI is InChI=1S/C17H22N2O5/c1-11-8-12(2)15(19(23)24)9-14(11)17(22)18-7-3-4-13(10-18)5-6-16(20)21/h8-9,13H,3-7,10H2,1-2H3,(H,20,21). The third-order valence-corrected chi connectivity index (χ3v) is 4.54. The summed E-state index contributed by atoms with van der Waals surface area (Å²) in [5.41, 5.74) is 1.55. The van der Waals surface area contributed by atoms with Crippen LogP contribution in [0, 0.1) is 29.9 Å². The van der Waals surface area contributed by atoms with E-state index in [4.69, 9.17) is 5.11 Å².